The number of hydrogen-bond donors (Lipinski definition) is 0. The first kappa shape index (κ1) is 34.2. The zero-order valence-corrected chi connectivity index (χ0v) is 24.1. The van der Waals surface area contributed by atoms with Crippen molar-refractivity contribution in [2.24, 2.45) is 5.92 Å². The molecule has 0 heterocycles. The molecule has 0 aromatic heterocycles. The van der Waals surface area contributed by atoms with E-state index in [-0.39, 0.29) is 52.6 Å². The number of ether oxygens (including phenoxy) is 1. The minimum Gasteiger partial charge on any atom is -0.429 e. The minimum absolute atomic E-state index is 0.101. The predicted molar refractivity (Wildman–Crippen MR) is 151 cm³/mol. The van der Waals surface area contributed by atoms with Gasteiger partial charge in [-0.3, -0.25) is 0 Å². The number of allylic oxidation sites excluding steroid dienone is 4. The molecule has 240 valence electrons. The van der Waals surface area contributed by atoms with Gasteiger partial charge in [0.1, 0.15) is 46.0 Å². The van der Waals surface area contributed by atoms with Crippen LogP contribution in [0.2, 0.25) is 0 Å². The summed E-state index contributed by atoms with van der Waals surface area (Å²) in [6.07, 6.45) is -2.12. The number of unbranched alkanes of at least 4 members (excludes halogenated alkanes) is 2. The molecule has 1 nitrogen and oxygen atoms in total. The molecule has 0 bridgehead atoms. The standard InChI is InChI=1S/C35H24F10O/c1-2-3-4-5-21-6-11-24(28(36)16-21)12-7-22-8-13-25(29(37)17-22)14-9-23-10-15-27(30(38)18-23)35(44,45)46-26-19-31(39)33(32(40)20-26)34(41,42)43/h6,8,10-11,13,15,17-21H,2-5,16H2,1H3. The van der Waals surface area contributed by atoms with Crippen LogP contribution >= 0.6 is 0 Å². The van der Waals surface area contributed by atoms with Crippen molar-refractivity contribution in [3.8, 4) is 29.4 Å². The fourth-order valence-electron chi connectivity index (χ4n) is 4.58. The largest absolute Gasteiger partial charge is 0.429 e. The van der Waals surface area contributed by atoms with Gasteiger partial charge < -0.3 is 4.74 Å². The summed E-state index contributed by atoms with van der Waals surface area (Å²) in [6, 6.07) is 5.64. The monoisotopic (exact) mass is 650 g/mol. The summed E-state index contributed by atoms with van der Waals surface area (Å²) in [5, 5.41) is 0. The third-order valence-electron chi connectivity index (χ3n) is 6.93. The first-order valence-corrected chi connectivity index (χ1v) is 14.0. The van der Waals surface area contributed by atoms with Crippen LogP contribution in [0, 0.1) is 52.9 Å². The second kappa shape index (κ2) is 14.2. The van der Waals surface area contributed by atoms with Crippen LogP contribution in [0.1, 0.15) is 66.8 Å². The van der Waals surface area contributed by atoms with E-state index in [2.05, 4.69) is 35.3 Å². The molecule has 0 radical (unpaired) electrons. The van der Waals surface area contributed by atoms with Crippen molar-refractivity contribution in [2.75, 3.05) is 0 Å². The highest BCUT2D eigenvalue weighted by Crippen LogP contribution is 2.38. The zero-order chi connectivity index (χ0) is 33.6. The third-order valence-corrected chi connectivity index (χ3v) is 6.93. The molecule has 11 heteroatoms. The Morgan fingerprint density at radius 2 is 1.37 bits per heavy atom. The molecule has 4 rings (SSSR count). The molecule has 0 saturated carbocycles. The van der Waals surface area contributed by atoms with E-state index in [1.54, 1.807) is 6.08 Å². The highest BCUT2D eigenvalue weighted by Gasteiger charge is 2.41. The Bertz CT molecular complexity index is 1770. The van der Waals surface area contributed by atoms with Gasteiger partial charge in [-0.05, 0) is 54.8 Å². The fraction of sp³-hybridized carbons (Fsp3) is 0.257. The third kappa shape index (κ3) is 8.54. The van der Waals surface area contributed by atoms with Crippen molar-refractivity contribution < 1.29 is 48.6 Å². The van der Waals surface area contributed by atoms with E-state index in [1.807, 2.05) is 6.08 Å². The molecule has 3 aromatic carbocycles. The molecule has 1 atom stereocenters. The Hall–Kier alpha value is -4.64. The van der Waals surface area contributed by atoms with Crippen molar-refractivity contribution in [1.82, 2.24) is 0 Å². The lowest BCUT2D eigenvalue weighted by atomic mass is 9.91. The van der Waals surface area contributed by atoms with Crippen LogP contribution in [0.15, 0.2) is 72.1 Å². The first-order chi connectivity index (χ1) is 21.7. The molecule has 0 fully saturated rings. The summed E-state index contributed by atoms with van der Waals surface area (Å²) in [7, 11) is 0. The molecular formula is C35H24F10O. The molecule has 1 aliphatic rings. The second-order valence-corrected chi connectivity index (χ2v) is 10.4. The lowest BCUT2D eigenvalue weighted by Gasteiger charge is -2.20. The Morgan fingerprint density at radius 3 is 1.96 bits per heavy atom. The van der Waals surface area contributed by atoms with E-state index >= 15 is 0 Å². The molecule has 1 unspecified atom stereocenters. The number of benzene rings is 3. The van der Waals surface area contributed by atoms with Gasteiger partial charge in [-0.15, -0.1) is 0 Å². The first-order valence-electron chi connectivity index (χ1n) is 14.0. The summed E-state index contributed by atoms with van der Waals surface area (Å²) in [4.78, 5) is 0. The van der Waals surface area contributed by atoms with Crippen LogP contribution in [-0.2, 0) is 12.3 Å². The number of alkyl halides is 5. The summed E-state index contributed by atoms with van der Waals surface area (Å²) >= 11 is 0. The molecule has 0 amide bonds. The highest BCUT2D eigenvalue weighted by molar-refractivity contribution is 5.51. The molecule has 1 aliphatic carbocycles. The van der Waals surface area contributed by atoms with Crippen molar-refractivity contribution >= 4 is 0 Å². The van der Waals surface area contributed by atoms with E-state index in [1.165, 1.54) is 12.1 Å². The van der Waals surface area contributed by atoms with Gasteiger partial charge in [0.25, 0.3) is 0 Å². The van der Waals surface area contributed by atoms with Gasteiger partial charge in [0, 0.05) is 29.7 Å². The SMILES string of the molecule is CCCCCC1C=CC(C#Cc2ccc(C#Cc3ccc(C(F)(F)Oc4cc(F)c(C(F)(F)F)c(F)c4)c(F)c3)c(F)c2)=C(F)C1. The van der Waals surface area contributed by atoms with Crippen molar-refractivity contribution in [1.29, 1.82) is 0 Å². The molecule has 3 aromatic rings. The maximum absolute atomic E-state index is 14.7. The number of hydrogen-bond acceptors (Lipinski definition) is 1. The van der Waals surface area contributed by atoms with Gasteiger partial charge in [-0.25, -0.2) is 22.0 Å². The van der Waals surface area contributed by atoms with Crippen molar-refractivity contribution in [3.05, 3.63) is 123 Å². The Labute approximate surface area is 258 Å². The van der Waals surface area contributed by atoms with Crippen molar-refractivity contribution in [3.63, 3.8) is 0 Å². The summed E-state index contributed by atoms with van der Waals surface area (Å²) in [5.74, 6) is 1.97. The maximum Gasteiger partial charge on any atom is 0.429 e. The van der Waals surface area contributed by atoms with Gasteiger partial charge in [0.15, 0.2) is 0 Å². The van der Waals surface area contributed by atoms with Gasteiger partial charge in [0.2, 0.25) is 0 Å². The molecule has 0 N–H and O–H groups in total. The normalized spacial score (nSPS) is 14.8. The van der Waals surface area contributed by atoms with Gasteiger partial charge in [-0.2, -0.15) is 22.0 Å². The topological polar surface area (TPSA) is 9.23 Å². The molecule has 0 saturated heterocycles. The van der Waals surface area contributed by atoms with Crippen LogP contribution in [0.25, 0.3) is 0 Å². The van der Waals surface area contributed by atoms with E-state index in [0.717, 1.165) is 37.8 Å². The lowest BCUT2D eigenvalue weighted by Crippen LogP contribution is -2.24. The summed E-state index contributed by atoms with van der Waals surface area (Å²) in [5.41, 5.74) is -3.53. The zero-order valence-electron chi connectivity index (χ0n) is 24.1. The second-order valence-electron chi connectivity index (χ2n) is 10.4. The average molecular weight is 651 g/mol. The Kier molecular flexibility index (Phi) is 10.6. The lowest BCUT2D eigenvalue weighted by molar-refractivity contribution is -0.187. The molecule has 0 spiro atoms. The number of rotatable bonds is 7. The van der Waals surface area contributed by atoms with E-state index in [0.29, 0.717) is 12.1 Å². The molecule has 46 heavy (non-hydrogen) atoms. The quantitative estimate of drug-likeness (QED) is 0.141. The van der Waals surface area contributed by atoms with Crippen LogP contribution in [0.4, 0.5) is 43.9 Å². The van der Waals surface area contributed by atoms with Crippen LogP contribution in [0.5, 0.6) is 5.75 Å². The minimum atomic E-state index is -5.43. The van der Waals surface area contributed by atoms with Gasteiger partial charge >= 0.3 is 12.3 Å². The van der Waals surface area contributed by atoms with Crippen LogP contribution in [0.3, 0.4) is 0 Å². The summed E-state index contributed by atoms with van der Waals surface area (Å²) < 4.78 is 143. The Morgan fingerprint density at radius 1 is 0.739 bits per heavy atom. The van der Waals surface area contributed by atoms with Gasteiger partial charge in [-0.1, -0.05) is 55.9 Å². The van der Waals surface area contributed by atoms with E-state index in [9.17, 15) is 43.9 Å². The smallest absolute Gasteiger partial charge is 0.429 e. The van der Waals surface area contributed by atoms with Gasteiger partial charge in [0.05, 0.1) is 11.1 Å². The maximum atomic E-state index is 14.7. The summed E-state index contributed by atoms with van der Waals surface area (Å²) in [6.45, 7) is 2.09. The van der Waals surface area contributed by atoms with Crippen molar-refractivity contribution in [2.45, 2.75) is 51.3 Å². The predicted octanol–water partition coefficient (Wildman–Crippen LogP) is 10.5. The van der Waals surface area contributed by atoms with E-state index < -0.39 is 52.4 Å². The molecule has 0 aliphatic heterocycles. The highest BCUT2D eigenvalue weighted by atomic mass is 19.4. The van der Waals surface area contributed by atoms with E-state index in [4.69, 9.17) is 0 Å². The fourth-order valence-corrected chi connectivity index (χ4v) is 4.58. The average Bonchev–Trinajstić information content (AvgIpc) is 2.95. The van der Waals surface area contributed by atoms with Crippen LogP contribution in [-0.4, -0.2) is 0 Å². The molecular weight excluding hydrogens is 626 g/mol. The number of halogens is 10. The Balaban J connectivity index is 1.45. The van der Waals surface area contributed by atoms with Crippen LogP contribution < -0.4 is 4.74 Å².